The highest BCUT2D eigenvalue weighted by Gasteiger charge is 2.46. The minimum absolute atomic E-state index is 0.123. The van der Waals surface area contributed by atoms with Crippen LogP contribution in [0.2, 0.25) is 0 Å². The number of halogens is 3. The van der Waals surface area contributed by atoms with Crippen molar-refractivity contribution in [3.8, 4) is 0 Å². The fourth-order valence-corrected chi connectivity index (χ4v) is 4.64. The van der Waals surface area contributed by atoms with Crippen LogP contribution in [0.15, 0.2) is 0 Å². The molecule has 0 aromatic rings. The van der Waals surface area contributed by atoms with Crippen molar-refractivity contribution in [2.24, 2.45) is 11.3 Å². The molecule has 0 aromatic carbocycles. The van der Waals surface area contributed by atoms with Crippen molar-refractivity contribution >= 4 is 9.84 Å². The normalized spacial score (nSPS) is 30.2. The number of nitrogens with one attached hydrogen (secondary N) is 1. The molecule has 0 spiro atoms. The summed E-state index contributed by atoms with van der Waals surface area (Å²) in [5.74, 6) is -1.07. The molecular weight excluding hydrogens is 291 g/mol. The molecular formula is C13H22F3NO2S. The van der Waals surface area contributed by atoms with Crippen LogP contribution in [-0.2, 0) is 9.84 Å². The van der Waals surface area contributed by atoms with Gasteiger partial charge in [0.05, 0.1) is 11.7 Å². The van der Waals surface area contributed by atoms with E-state index in [4.69, 9.17) is 0 Å². The summed E-state index contributed by atoms with van der Waals surface area (Å²) in [7, 11) is -3.03. The van der Waals surface area contributed by atoms with Crippen molar-refractivity contribution < 1.29 is 21.6 Å². The highest BCUT2D eigenvalue weighted by Crippen LogP contribution is 2.46. The first-order valence-corrected chi connectivity index (χ1v) is 9.14. The predicted molar refractivity (Wildman–Crippen MR) is 71.2 cm³/mol. The van der Waals surface area contributed by atoms with Gasteiger partial charge >= 0.3 is 6.18 Å². The molecule has 0 radical (unpaired) electrons. The van der Waals surface area contributed by atoms with E-state index in [2.05, 4.69) is 5.32 Å². The topological polar surface area (TPSA) is 46.2 Å². The Morgan fingerprint density at radius 1 is 1.25 bits per heavy atom. The summed E-state index contributed by atoms with van der Waals surface area (Å²) in [6, 6.07) is -0.132. The molecule has 0 aromatic heterocycles. The Hall–Kier alpha value is -0.300. The molecule has 0 aliphatic heterocycles. The second-order valence-corrected chi connectivity index (χ2v) is 8.69. The second-order valence-electron chi connectivity index (χ2n) is 6.55. The van der Waals surface area contributed by atoms with Crippen LogP contribution < -0.4 is 5.32 Å². The van der Waals surface area contributed by atoms with Gasteiger partial charge in [-0.1, -0.05) is 6.42 Å². The number of hydrogen-bond acceptors (Lipinski definition) is 3. The third-order valence-electron chi connectivity index (χ3n) is 4.43. The fourth-order valence-electron chi connectivity index (χ4n) is 3.14. The lowest BCUT2D eigenvalue weighted by molar-refractivity contribution is -0.183. The van der Waals surface area contributed by atoms with E-state index in [1.54, 1.807) is 0 Å². The molecule has 2 rings (SSSR count). The summed E-state index contributed by atoms with van der Waals surface area (Å²) < 4.78 is 60.8. The zero-order valence-electron chi connectivity index (χ0n) is 11.7. The van der Waals surface area contributed by atoms with E-state index < -0.39 is 21.9 Å². The van der Waals surface area contributed by atoms with E-state index in [1.807, 2.05) is 0 Å². The Morgan fingerprint density at radius 3 is 2.40 bits per heavy atom. The first-order valence-electron chi connectivity index (χ1n) is 7.08. The molecule has 2 saturated carbocycles. The molecule has 0 heterocycles. The fraction of sp³-hybridized carbons (Fsp3) is 1.00. The zero-order chi connectivity index (χ0) is 15.0. The standard InChI is InChI=1S/C13H22F3NO2S/c1-20(18,19)9-12(5-6-12)8-17-11-4-2-3-10(7-11)13(14,15)16/h10-11,17H,2-9H2,1H3. The number of hydrogen-bond donors (Lipinski definition) is 1. The summed E-state index contributed by atoms with van der Waals surface area (Å²) in [6.45, 7) is 0.523. The minimum atomic E-state index is -4.11. The van der Waals surface area contributed by atoms with Crippen molar-refractivity contribution in [1.82, 2.24) is 5.32 Å². The van der Waals surface area contributed by atoms with Crippen LogP contribution in [0.4, 0.5) is 13.2 Å². The van der Waals surface area contributed by atoms with Crippen LogP contribution in [0, 0.1) is 11.3 Å². The van der Waals surface area contributed by atoms with Gasteiger partial charge in [-0.2, -0.15) is 13.2 Å². The van der Waals surface area contributed by atoms with Crippen molar-refractivity contribution in [1.29, 1.82) is 0 Å². The Bertz CT molecular complexity index is 443. The monoisotopic (exact) mass is 313 g/mol. The Labute approximate surface area is 118 Å². The van der Waals surface area contributed by atoms with Gasteiger partial charge < -0.3 is 5.32 Å². The Kier molecular flexibility index (Phi) is 4.40. The molecule has 2 atom stereocenters. The van der Waals surface area contributed by atoms with Gasteiger partial charge in [0, 0.05) is 18.8 Å². The maximum Gasteiger partial charge on any atom is 0.391 e. The van der Waals surface area contributed by atoms with Crippen molar-refractivity contribution in [2.45, 2.75) is 50.7 Å². The molecule has 20 heavy (non-hydrogen) atoms. The average molecular weight is 313 g/mol. The van der Waals surface area contributed by atoms with Crippen LogP contribution in [-0.4, -0.2) is 39.2 Å². The van der Waals surface area contributed by atoms with Crippen molar-refractivity contribution in [3.05, 3.63) is 0 Å². The van der Waals surface area contributed by atoms with Gasteiger partial charge in [-0.15, -0.1) is 0 Å². The molecule has 0 saturated heterocycles. The largest absolute Gasteiger partial charge is 0.391 e. The highest BCUT2D eigenvalue weighted by atomic mass is 32.2. The molecule has 3 nitrogen and oxygen atoms in total. The van der Waals surface area contributed by atoms with Gasteiger partial charge in [0.25, 0.3) is 0 Å². The molecule has 0 amide bonds. The van der Waals surface area contributed by atoms with Crippen molar-refractivity contribution in [2.75, 3.05) is 18.6 Å². The van der Waals surface area contributed by atoms with Gasteiger partial charge in [-0.25, -0.2) is 8.42 Å². The van der Waals surface area contributed by atoms with Gasteiger partial charge in [-0.05, 0) is 37.5 Å². The smallest absolute Gasteiger partial charge is 0.313 e. The number of sulfone groups is 1. The molecule has 1 N–H and O–H groups in total. The maximum atomic E-state index is 12.7. The lowest BCUT2D eigenvalue weighted by Crippen LogP contribution is -2.42. The van der Waals surface area contributed by atoms with Gasteiger partial charge in [0.2, 0.25) is 0 Å². The molecule has 2 aliphatic rings. The third kappa shape index (κ3) is 4.62. The van der Waals surface area contributed by atoms with Gasteiger partial charge in [0.15, 0.2) is 0 Å². The van der Waals surface area contributed by atoms with Crippen molar-refractivity contribution in [3.63, 3.8) is 0 Å². The molecule has 2 unspecified atom stereocenters. The lowest BCUT2D eigenvalue weighted by atomic mass is 9.85. The Morgan fingerprint density at radius 2 is 1.90 bits per heavy atom. The van der Waals surface area contributed by atoms with E-state index in [0.29, 0.717) is 13.0 Å². The molecule has 2 aliphatic carbocycles. The average Bonchev–Trinajstić information content (AvgIpc) is 3.04. The lowest BCUT2D eigenvalue weighted by Gasteiger charge is -2.32. The highest BCUT2D eigenvalue weighted by molar-refractivity contribution is 7.90. The number of rotatable bonds is 5. The van der Waals surface area contributed by atoms with E-state index >= 15 is 0 Å². The van der Waals surface area contributed by atoms with Crippen LogP contribution in [0.1, 0.15) is 38.5 Å². The van der Waals surface area contributed by atoms with E-state index in [0.717, 1.165) is 19.3 Å². The van der Waals surface area contributed by atoms with Crippen LogP contribution in [0.3, 0.4) is 0 Å². The van der Waals surface area contributed by atoms with E-state index in [-0.39, 0.29) is 30.1 Å². The van der Waals surface area contributed by atoms with Crippen LogP contribution >= 0.6 is 0 Å². The first kappa shape index (κ1) is 16.1. The molecule has 2 fully saturated rings. The maximum absolute atomic E-state index is 12.7. The minimum Gasteiger partial charge on any atom is -0.313 e. The summed E-state index contributed by atoms with van der Waals surface area (Å²) in [4.78, 5) is 0. The quantitative estimate of drug-likeness (QED) is 0.848. The van der Waals surface area contributed by atoms with Crippen LogP contribution in [0.5, 0.6) is 0 Å². The zero-order valence-corrected chi connectivity index (χ0v) is 12.5. The third-order valence-corrected chi connectivity index (χ3v) is 5.57. The summed E-state index contributed by atoms with van der Waals surface area (Å²) >= 11 is 0. The summed E-state index contributed by atoms with van der Waals surface area (Å²) in [5.41, 5.74) is -0.223. The number of alkyl halides is 3. The predicted octanol–water partition coefficient (Wildman–Crippen LogP) is 2.52. The SMILES string of the molecule is CS(=O)(=O)CC1(CNC2CCCC(C(F)(F)F)C2)CC1. The molecule has 0 bridgehead atoms. The van der Waals surface area contributed by atoms with E-state index in [9.17, 15) is 21.6 Å². The van der Waals surface area contributed by atoms with Gasteiger partial charge in [0.1, 0.15) is 9.84 Å². The Balaban J connectivity index is 1.82. The molecule has 7 heteroatoms. The summed E-state index contributed by atoms with van der Waals surface area (Å²) in [5, 5.41) is 3.18. The second kappa shape index (κ2) is 5.48. The summed E-state index contributed by atoms with van der Waals surface area (Å²) in [6.07, 6.45) is 0.486. The van der Waals surface area contributed by atoms with E-state index in [1.165, 1.54) is 6.26 Å². The van der Waals surface area contributed by atoms with Crippen LogP contribution in [0.25, 0.3) is 0 Å². The molecule has 118 valence electrons. The van der Waals surface area contributed by atoms with Gasteiger partial charge in [-0.3, -0.25) is 0 Å². The first-order chi connectivity index (χ1) is 9.10.